The molecule has 0 fully saturated rings. The van der Waals surface area contributed by atoms with Crippen LogP contribution in [0.15, 0.2) is 40.8 Å². The number of benzene rings is 3. The second-order valence-electron chi connectivity index (χ2n) is 7.37. The Hall–Kier alpha value is -3.86. The second-order valence-corrected chi connectivity index (χ2v) is 7.78. The Labute approximate surface area is 194 Å². The molecule has 0 saturated carbocycles. The molecule has 0 unspecified atom stereocenters. The van der Waals surface area contributed by atoms with Gasteiger partial charge in [-0.15, -0.1) is 0 Å². The third kappa shape index (κ3) is 4.21. The van der Waals surface area contributed by atoms with E-state index in [9.17, 15) is 26.7 Å². The maximum Gasteiger partial charge on any atom is 0.257 e. The van der Waals surface area contributed by atoms with Gasteiger partial charge < -0.3 is 9.73 Å². The first-order valence-electron chi connectivity index (χ1n) is 9.68. The average molecular weight is 491 g/mol. The number of aromatic nitrogens is 1. The van der Waals surface area contributed by atoms with Crippen molar-refractivity contribution in [1.82, 2.24) is 10.3 Å². The maximum atomic E-state index is 14.1. The standard InChI is InChI=1S/C23H14F5N3O2S/c1-9-3-5-12(10(2)7-9)21(32)31-23(34)29-11-4-6-14-13(8-11)30-22(33-14)15-16(24)18(26)20(28)19(27)17(15)25/h3-8H,1-2H3,(H2,29,31,32,34). The Morgan fingerprint density at radius 1 is 0.912 bits per heavy atom. The summed E-state index contributed by atoms with van der Waals surface area (Å²) < 4.78 is 73.7. The lowest BCUT2D eigenvalue weighted by Crippen LogP contribution is -2.34. The van der Waals surface area contributed by atoms with Gasteiger partial charge in [0.2, 0.25) is 11.7 Å². The van der Waals surface area contributed by atoms with E-state index < -0.39 is 46.4 Å². The molecule has 3 aromatic carbocycles. The minimum absolute atomic E-state index is 0.0229. The molecule has 0 bridgehead atoms. The van der Waals surface area contributed by atoms with E-state index in [-0.39, 0.29) is 16.2 Å². The number of anilines is 1. The van der Waals surface area contributed by atoms with E-state index in [1.165, 1.54) is 18.2 Å². The highest BCUT2D eigenvalue weighted by molar-refractivity contribution is 7.80. The fourth-order valence-corrected chi connectivity index (χ4v) is 3.52. The summed E-state index contributed by atoms with van der Waals surface area (Å²) in [5, 5.41) is 5.27. The number of carbonyl (C=O) groups excluding carboxylic acids is 1. The number of nitrogens with zero attached hydrogens (tertiary/aromatic N) is 1. The van der Waals surface area contributed by atoms with Crippen LogP contribution in [0.5, 0.6) is 0 Å². The van der Waals surface area contributed by atoms with Crippen LogP contribution in [0.4, 0.5) is 27.6 Å². The Balaban J connectivity index is 1.57. The van der Waals surface area contributed by atoms with Gasteiger partial charge in [-0.2, -0.15) is 0 Å². The molecule has 0 aliphatic heterocycles. The monoisotopic (exact) mass is 491 g/mol. The van der Waals surface area contributed by atoms with Crippen LogP contribution in [0.25, 0.3) is 22.6 Å². The van der Waals surface area contributed by atoms with Crippen molar-refractivity contribution in [1.29, 1.82) is 0 Å². The van der Waals surface area contributed by atoms with Gasteiger partial charge >= 0.3 is 0 Å². The number of amides is 1. The normalized spacial score (nSPS) is 11.0. The first-order valence-corrected chi connectivity index (χ1v) is 10.1. The maximum absolute atomic E-state index is 14.1. The third-order valence-corrected chi connectivity index (χ3v) is 5.13. The molecule has 0 saturated heterocycles. The van der Waals surface area contributed by atoms with E-state index >= 15 is 0 Å². The number of thiocarbonyl (C=S) groups is 1. The smallest absolute Gasteiger partial charge is 0.257 e. The molecule has 5 nitrogen and oxygen atoms in total. The number of halogens is 5. The van der Waals surface area contributed by atoms with Gasteiger partial charge in [-0.05, 0) is 55.9 Å². The fraction of sp³-hybridized carbons (Fsp3) is 0.0870. The van der Waals surface area contributed by atoms with Crippen LogP contribution in [0.1, 0.15) is 21.5 Å². The van der Waals surface area contributed by atoms with Crippen LogP contribution >= 0.6 is 12.2 Å². The molecule has 1 heterocycles. The highest BCUT2D eigenvalue weighted by Gasteiger charge is 2.29. The molecular formula is C23H14F5N3O2S. The number of hydrogen-bond acceptors (Lipinski definition) is 4. The van der Waals surface area contributed by atoms with Crippen LogP contribution < -0.4 is 10.6 Å². The summed E-state index contributed by atoms with van der Waals surface area (Å²) in [7, 11) is 0. The molecule has 1 aromatic heterocycles. The number of carbonyl (C=O) groups is 1. The average Bonchev–Trinajstić information content (AvgIpc) is 3.19. The van der Waals surface area contributed by atoms with Gasteiger partial charge in [-0.3, -0.25) is 10.1 Å². The molecule has 11 heteroatoms. The van der Waals surface area contributed by atoms with Gasteiger partial charge in [-0.25, -0.2) is 26.9 Å². The number of oxazole rings is 1. The van der Waals surface area contributed by atoms with Gasteiger partial charge in [0.15, 0.2) is 34.0 Å². The summed E-state index contributed by atoms with van der Waals surface area (Å²) >= 11 is 5.16. The van der Waals surface area contributed by atoms with Crippen LogP contribution in [0, 0.1) is 42.9 Å². The van der Waals surface area contributed by atoms with Gasteiger partial charge in [-0.1, -0.05) is 17.7 Å². The van der Waals surface area contributed by atoms with Gasteiger partial charge in [0.25, 0.3) is 5.91 Å². The van der Waals surface area contributed by atoms with Crippen LogP contribution in [-0.2, 0) is 0 Å². The lowest BCUT2D eigenvalue weighted by atomic mass is 10.1. The summed E-state index contributed by atoms with van der Waals surface area (Å²) in [4.78, 5) is 16.3. The summed E-state index contributed by atoms with van der Waals surface area (Å²) in [6, 6.07) is 9.50. The van der Waals surface area contributed by atoms with Crippen LogP contribution in [-0.4, -0.2) is 16.0 Å². The zero-order valence-electron chi connectivity index (χ0n) is 17.5. The summed E-state index contributed by atoms with van der Waals surface area (Å²) in [6.45, 7) is 3.69. The molecule has 0 aliphatic rings. The van der Waals surface area contributed by atoms with Crippen molar-refractivity contribution in [3.05, 3.63) is 82.2 Å². The molecule has 34 heavy (non-hydrogen) atoms. The Bertz CT molecular complexity index is 1460. The predicted octanol–water partition coefficient (Wildman–Crippen LogP) is 5.93. The van der Waals surface area contributed by atoms with Crippen molar-refractivity contribution in [2.45, 2.75) is 13.8 Å². The first kappa shape index (κ1) is 23.3. The molecule has 0 atom stereocenters. The SMILES string of the molecule is Cc1ccc(C(=O)NC(=S)Nc2ccc3oc(-c4c(F)c(F)c(F)c(F)c4F)nc3c2)c(C)c1. The van der Waals surface area contributed by atoms with E-state index in [0.717, 1.165) is 11.1 Å². The summed E-state index contributed by atoms with van der Waals surface area (Å²) in [5.74, 6) is -11.8. The molecule has 0 radical (unpaired) electrons. The van der Waals surface area contributed by atoms with Crippen molar-refractivity contribution >= 4 is 40.0 Å². The Morgan fingerprint density at radius 2 is 1.56 bits per heavy atom. The van der Waals surface area contributed by atoms with E-state index in [2.05, 4.69) is 15.6 Å². The molecular weight excluding hydrogens is 477 g/mol. The number of aryl methyl sites for hydroxylation is 2. The largest absolute Gasteiger partial charge is 0.436 e. The van der Waals surface area contributed by atoms with E-state index in [1.807, 2.05) is 13.0 Å². The summed E-state index contributed by atoms with van der Waals surface area (Å²) in [5.41, 5.74) is 1.33. The molecule has 0 aliphatic carbocycles. The third-order valence-electron chi connectivity index (χ3n) is 4.92. The fourth-order valence-electron chi connectivity index (χ4n) is 3.31. The number of nitrogens with one attached hydrogen (secondary N) is 2. The van der Waals surface area contributed by atoms with E-state index in [4.69, 9.17) is 16.6 Å². The van der Waals surface area contributed by atoms with Gasteiger partial charge in [0.05, 0.1) is 0 Å². The highest BCUT2D eigenvalue weighted by atomic mass is 32.1. The molecule has 0 spiro atoms. The van der Waals surface area contributed by atoms with Gasteiger partial charge in [0.1, 0.15) is 11.1 Å². The topological polar surface area (TPSA) is 67.2 Å². The van der Waals surface area contributed by atoms with Crippen LogP contribution in [0.3, 0.4) is 0 Å². The van der Waals surface area contributed by atoms with Crippen molar-refractivity contribution in [3.8, 4) is 11.5 Å². The van der Waals surface area contributed by atoms with Crippen molar-refractivity contribution < 1.29 is 31.2 Å². The number of hydrogen-bond donors (Lipinski definition) is 2. The molecule has 4 aromatic rings. The molecule has 174 valence electrons. The highest BCUT2D eigenvalue weighted by Crippen LogP contribution is 2.33. The lowest BCUT2D eigenvalue weighted by molar-refractivity contribution is 0.0977. The van der Waals surface area contributed by atoms with Crippen molar-refractivity contribution in [3.63, 3.8) is 0 Å². The van der Waals surface area contributed by atoms with Gasteiger partial charge in [0, 0.05) is 11.3 Å². The predicted molar refractivity (Wildman–Crippen MR) is 119 cm³/mol. The zero-order valence-corrected chi connectivity index (χ0v) is 18.3. The number of fused-ring (bicyclic) bond motifs is 1. The van der Waals surface area contributed by atoms with Crippen LogP contribution in [0.2, 0.25) is 0 Å². The molecule has 2 N–H and O–H groups in total. The minimum atomic E-state index is -2.28. The van der Waals surface area contributed by atoms with Crippen molar-refractivity contribution in [2.24, 2.45) is 0 Å². The number of rotatable bonds is 3. The quantitative estimate of drug-likeness (QED) is 0.161. The summed E-state index contributed by atoms with van der Waals surface area (Å²) in [6.07, 6.45) is 0. The van der Waals surface area contributed by atoms with E-state index in [1.54, 1.807) is 19.1 Å². The zero-order chi connectivity index (χ0) is 24.7. The lowest BCUT2D eigenvalue weighted by Gasteiger charge is -2.11. The molecule has 1 amide bonds. The first-order chi connectivity index (χ1) is 16.1. The molecule has 4 rings (SSSR count). The van der Waals surface area contributed by atoms with Crippen molar-refractivity contribution in [2.75, 3.05) is 5.32 Å². The second kappa shape index (κ2) is 8.82. The Kier molecular flexibility index (Phi) is 6.05. The Morgan fingerprint density at radius 3 is 2.21 bits per heavy atom. The van der Waals surface area contributed by atoms with E-state index in [0.29, 0.717) is 11.3 Å². The minimum Gasteiger partial charge on any atom is -0.436 e.